The van der Waals surface area contributed by atoms with Gasteiger partial charge < -0.3 is 9.80 Å². The quantitative estimate of drug-likeness (QED) is 0.797. The molecule has 3 rings (SSSR count). The van der Waals surface area contributed by atoms with Gasteiger partial charge in [0.25, 0.3) is 0 Å². The molecule has 0 saturated carbocycles. The van der Waals surface area contributed by atoms with Gasteiger partial charge in [0.2, 0.25) is 11.8 Å². The fourth-order valence-corrected chi connectivity index (χ4v) is 3.17. The van der Waals surface area contributed by atoms with Crippen LogP contribution in [0.2, 0.25) is 5.02 Å². The number of hydrogen-bond acceptors (Lipinski definition) is 2. The van der Waals surface area contributed by atoms with Crippen molar-refractivity contribution in [3.63, 3.8) is 0 Å². The van der Waals surface area contributed by atoms with E-state index in [2.05, 4.69) is 0 Å². The van der Waals surface area contributed by atoms with E-state index in [1.54, 1.807) is 4.90 Å². The van der Waals surface area contributed by atoms with Gasteiger partial charge in [-0.1, -0.05) is 11.6 Å². The van der Waals surface area contributed by atoms with Crippen LogP contribution < -0.4 is 4.90 Å². The number of nitrogens with zero attached hydrogens (tertiary/aromatic N) is 2. The van der Waals surface area contributed by atoms with E-state index in [1.165, 1.54) is 23.1 Å². The first-order valence-electron chi connectivity index (χ1n) is 6.64. The molecule has 0 aliphatic carbocycles. The molecule has 0 spiro atoms. The highest BCUT2D eigenvalue weighted by Gasteiger charge is 2.40. The van der Waals surface area contributed by atoms with Crippen LogP contribution in [0.4, 0.5) is 10.1 Å². The van der Waals surface area contributed by atoms with Crippen molar-refractivity contribution in [1.29, 1.82) is 0 Å². The van der Waals surface area contributed by atoms with Crippen LogP contribution in [0.3, 0.4) is 0 Å². The monoisotopic (exact) mass is 296 g/mol. The summed E-state index contributed by atoms with van der Waals surface area (Å²) in [5.41, 5.74) is 0.472. The fourth-order valence-electron chi connectivity index (χ4n) is 2.90. The molecule has 0 N–H and O–H groups in total. The minimum atomic E-state index is -0.445. The molecule has 106 valence electrons. The highest BCUT2D eigenvalue weighted by molar-refractivity contribution is 6.34. The second kappa shape index (κ2) is 5.05. The van der Waals surface area contributed by atoms with Crippen molar-refractivity contribution in [2.24, 2.45) is 0 Å². The Hall–Kier alpha value is -1.62. The Balaban J connectivity index is 1.96. The smallest absolute Gasteiger partial charge is 0.249 e. The van der Waals surface area contributed by atoms with Gasteiger partial charge in [-0.3, -0.25) is 9.59 Å². The van der Waals surface area contributed by atoms with Crippen LogP contribution in [-0.4, -0.2) is 35.8 Å². The van der Waals surface area contributed by atoms with Crippen LogP contribution in [-0.2, 0) is 9.59 Å². The molecule has 2 aliphatic heterocycles. The zero-order valence-corrected chi connectivity index (χ0v) is 11.6. The van der Waals surface area contributed by atoms with Gasteiger partial charge in [0.15, 0.2) is 0 Å². The first kappa shape index (κ1) is 13.4. The van der Waals surface area contributed by atoms with Crippen molar-refractivity contribution in [2.45, 2.75) is 25.3 Å². The summed E-state index contributed by atoms with van der Waals surface area (Å²) in [7, 11) is 0. The highest BCUT2D eigenvalue weighted by Crippen LogP contribution is 2.31. The van der Waals surface area contributed by atoms with Crippen molar-refractivity contribution in [3.8, 4) is 0 Å². The third-order valence-corrected chi connectivity index (χ3v) is 4.18. The second-order valence-electron chi connectivity index (χ2n) is 5.08. The zero-order chi connectivity index (χ0) is 14.3. The molecule has 6 heteroatoms. The number of rotatable bonds is 1. The molecule has 1 atom stereocenters. The van der Waals surface area contributed by atoms with Gasteiger partial charge in [0, 0.05) is 19.5 Å². The van der Waals surface area contributed by atoms with E-state index in [9.17, 15) is 14.0 Å². The highest BCUT2D eigenvalue weighted by atomic mass is 35.5. The minimum Gasteiger partial charge on any atom is -0.331 e. The molecule has 0 radical (unpaired) electrons. The predicted octanol–water partition coefficient (Wildman–Crippen LogP) is 2.21. The van der Waals surface area contributed by atoms with E-state index < -0.39 is 11.9 Å². The van der Waals surface area contributed by atoms with Gasteiger partial charge in [-0.15, -0.1) is 0 Å². The standard InChI is InChI=1S/C14H14ClFN2O2/c15-10-8-9(16)3-4-11(10)18-7-5-13(19)17-6-1-2-12(17)14(18)20/h3-4,8,12H,1-2,5-7H2. The first-order valence-corrected chi connectivity index (χ1v) is 7.01. The third-order valence-electron chi connectivity index (χ3n) is 3.87. The van der Waals surface area contributed by atoms with Gasteiger partial charge in [0.05, 0.1) is 10.7 Å². The number of anilines is 1. The van der Waals surface area contributed by atoms with Crippen molar-refractivity contribution >= 4 is 29.1 Å². The Morgan fingerprint density at radius 1 is 1.25 bits per heavy atom. The average molecular weight is 297 g/mol. The molecular weight excluding hydrogens is 283 g/mol. The van der Waals surface area contributed by atoms with E-state index in [0.717, 1.165) is 6.42 Å². The number of carbonyl (C=O) groups is 2. The number of benzene rings is 1. The van der Waals surface area contributed by atoms with Crippen LogP contribution >= 0.6 is 11.6 Å². The summed E-state index contributed by atoms with van der Waals surface area (Å²) >= 11 is 6.03. The lowest BCUT2D eigenvalue weighted by Crippen LogP contribution is -2.43. The summed E-state index contributed by atoms with van der Waals surface area (Å²) in [5.74, 6) is -0.567. The van der Waals surface area contributed by atoms with E-state index in [0.29, 0.717) is 18.7 Å². The van der Waals surface area contributed by atoms with E-state index in [4.69, 9.17) is 11.6 Å². The lowest BCUT2D eigenvalue weighted by Gasteiger charge is -2.25. The van der Waals surface area contributed by atoms with Crippen molar-refractivity contribution in [3.05, 3.63) is 29.0 Å². The molecule has 2 fully saturated rings. The summed E-state index contributed by atoms with van der Waals surface area (Å²) in [4.78, 5) is 27.8. The van der Waals surface area contributed by atoms with Crippen molar-refractivity contribution in [2.75, 3.05) is 18.0 Å². The van der Waals surface area contributed by atoms with Gasteiger partial charge >= 0.3 is 0 Å². The maximum absolute atomic E-state index is 13.1. The molecule has 2 saturated heterocycles. The molecular formula is C14H14ClFN2O2. The van der Waals surface area contributed by atoms with Crippen LogP contribution in [0.15, 0.2) is 18.2 Å². The van der Waals surface area contributed by atoms with E-state index in [-0.39, 0.29) is 29.8 Å². The van der Waals surface area contributed by atoms with E-state index in [1.807, 2.05) is 0 Å². The van der Waals surface area contributed by atoms with Crippen molar-refractivity contribution < 1.29 is 14.0 Å². The van der Waals surface area contributed by atoms with Gasteiger partial charge in [0.1, 0.15) is 11.9 Å². The topological polar surface area (TPSA) is 40.6 Å². The minimum absolute atomic E-state index is 0.00147. The summed E-state index contributed by atoms with van der Waals surface area (Å²) in [5, 5.41) is 0.192. The molecule has 20 heavy (non-hydrogen) atoms. The number of fused-ring (bicyclic) bond motifs is 1. The number of hydrogen-bond donors (Lipinski definition) is 0. The Bertz CT molecular complexity index is 578. The Labute approximate surface area is 121 Å². The maximum atomic E-state index is 13.1. The zero-order valence-electron chi connectivity index (χ0n) is 10.8. The summed E-state index contributed by atoms with van der Waals surface area (Å²) < 4.78 is 13.1. The molecule has 2 heterocycles. The number of halogens is 2. The van der Waals surface area contributed by atoms with Crippen LogP contribution in [0.5, 0.6) is 0 Å². The molecule has 1 aromatic rings. The summed E-state index contributed by atoms with van der Waals surface area (Å²) in [6.07, 6.45) is 1.79. The van der Waals surface area contributed by atoms with Crippen LogP contribution in [0.25, 0.3) is 0 Å². The molecule has 4 nitrogen and oxygen atoms in total. The van der Waals surface area contributed by atoms with Crippen LogP contribution in [0, 0.1) is 5.82 Å². The Morgan fingerprint density at radius 2 is 2.05 bits per heavy atom. The maximum Gasteiger partial charge on any atom is 0.249 e. The second-order valence-corrected chi connectivity index (χ2v) is 5.49. The molecule has 0 aromatic heterocycles. The predicted molar refractivity (Wildman–Crippen MR) is 73.1 cm³/mol. The van der Waals surface area contributed by atoms with Gasteiger partial charge in [-0.2, -0.15) is 0 Å². The van der Waals surface area contributed by atoms with Gasteiger partial charge in [-0.25, -0.2) is 4.39 Å². The SMILES string of the molecule is O=C1C2CCCN2C(=O)CCN1c1ccc(F)cc1Cl. The lowest BCUT2D eigenvalue weighted by molar-refractivity contribution is -0.135. The average Bonchev–Trinajstić information content (AvgIpc) is 2.85. The molecule has 1 aromatic carbocycles. The van der Waals surface area contributed by atoms with Crippen molar-refractivity contribution in [1.82, 2.24) is 4.90 Å². The Kier molecular flexibility index (Phi) is 3.38. The molecule has 2 aliphatic rings. The summed E-state index contributed by atoms with van der Waals surface area (Å²) in [6, 6.07) is 3.55. The van der Waals surface area contributed by atoms with E-state index >= 15 is 0 Å². The molecule has 1 unspecified atom stereocenters. The normalized spacial score (nSPS) is 23.0. The lowest BCUT2D eigenvalue weighted by atomic mass is 10.2. The third kappa shape index (κ3) is 2.16. The molecule has 2 amide bonds. The largest absolute Gasteiger partial charge is 0.331 e. The van der Waals surface area contributed by atoms with Crippen LogP contribution in [0.1, 0.15) is 19.3 Å². The molecule has 0 bridgehead atoms. The fraction of sp³-hybridized carbons (Fsp3) is 0.429. The Morgan fingerprint density at radius 3 is 2.80 bits per heavy atom. The number of amides is 2. The number of carbonyl (C=O) groups excluding carboxylic acids is 2. The van der Waals surface area contributed by atoms with Gasteiger partial charge in [-0.05, 0) is 31.0 Å². The first-order chi connectivity index (χ1) is 9.58. The summed E-state index contributed by atoms with van der Waals surface area (Å²) in [6.45, 7) is 0.927.